The van der Waals surface area contributed by atoms with Crippen LogP contribution in [0.15, 0.2) is 42.2 Å². The Morgan fingerprint density at radius 3 is 2.60 bits per heavy atom. The van der Waals surface area contributed by atoms with Gasteiger partial charge in [0.2, 0.25) is 0 Å². The maximum Gasteiger partial charge on any atom is -1.00 e. The zero-order valence-electron chi connectivity index (χ0n) is 11.8. The summed E-state index contributed by atoms with van der Waals surface area (Å²) in [5, 5.41) is 1.78. The van der Waals surface area contributed by atoms with E-state index in [1.165, 1.54) is 12.8 Å². The molecule has 0 aromatic rings. The van der Waals surface area contributed by atoms with E-state index in [1.54, 1.807) is 8.53 Å². The van der Waals surface area contributed by atoms with Crippen molar-refractivity contribution in [2.75, 3.05) is 0 Å². The van der Waals surface area contributed by atoms with Gasteiger partial charge in [-0.3, -0.25) is 0 Å². The Hall–Kier alpha value is 0.0470. The van der Waals surface area contributed by atoms with Crippen molar-refractivity contribution in [3.63, 3.8) is 0 Å². The molecule has 2 aliphatic carbocycles. The van der Waals surface area contributed by atoms with Crippen LogP contribution in [0.1, 0.15) is 15.7 Å². The van der Waals surface area contributed by atoms with Gasteiger partial charge in [0.15, 0.2) is 0 Å². The van der Waals surface area contributed by atoms with Crippen LogP contribution < -0.4 is 0 Å². The van der Waals surface area contributed by atoms with E-state index in [-0.39, 0.29) is 2.85 Å². The molecular formula is C13H20HfSi. The zero-order valence-corrected chi connectivity index (χ0v) is 14.4. The molecule has 0 saturated carbocycles. The molecule has 0 amide bonds. The predicted octanol–water partition coefficient (Wildman–Crippen LogP) is 4.23. The molecule has 0 unspecified atom stereocenters. The fraction of sp³-hybridized carbons (Fsp3) is 0.385. The molecule has 0 aromatic heterocycles. The van der Waals surface area contributed by atoms with Crippen LogP contribution in [0.4, 0.5) is 0 Å². The molecule has 0 spiro atoms. The van der Waals surface area contributed by atoms with Gasteiger partial charge in [0.25, 0.3) is 0 Å². The topological polar surface area (TPSA) is 0 Å². The molecule has 2 heteroatoms. The first kappa shape index (κ1) is 11.5. The second-order valence-corrected chi connectivity index (χ2v) is 15.6. The Balaban J connectivity index is 0.00000128. The number of hydrogen-bond donors (Lipinski definition) is 0. The first-order valence-corrected chi connectivity index (χ1v) is 12.7. The molecule has 0 saturated heterocycles. The summed E-state index contributed by atoms with van der Waals surface area (Å²) in [7, 11) is -1.07. The molecule has 2 rings (SSSR count). The Bertz CT molecular complexity index is 387. The molecule has 15 heavy (non-hydrogen) atoms. The van der Waals surface area contributed by atoms with Gasteiger partial charge in [-0.05, 0) is 0 Å². The molecule has 0 N–H and O–H groups in total. The maximum atomic E-state index is 2.47. The molecule has 0 aliphatic heterocycles. The molecule has 0 heterocycles. The summed E-state index contributed by atoms with van der Waals surface area (Å²) in [6, 6.07) is 0. The van der Waals surface area contributed by atoms with Gasteiger partial charge < -0.3 is 2.85 Å². The SMILES string of the molecule is C[Si](C)(C)C1=[C]([Hf+2][C]2=CC=CC2)CC=C1.[H-].[H-]. The number of rotatable bonds is 3. The molecule has 0 fully saturated rings. The third-order valence-corrected chi connectivity index (χ3v) is 11.1. The van der Waals surface area contributed by atoms with Crippen LogP contribution in [0.25, 0.3) is 0 Å². The quantitative estimate of drug-likeness (QED) is 0.641. The van der Waals surface area contributed by atoms with Gasteiger partial charge in [0, 0.05) is 0 Å². The van der Waals surface area contributed by atoms with E-state index in [9.17, 15) is 0 Å². The van der Waals surface area contributed by atoms with Crippen LogP contribution in [-0.2, 0) is 22.9 Å². The van der Waals surface area contributed by atoms with Crippen LogP contribution in [0, 0.1) is 0 Å². The molecule has 0 bridgehead atoms. The molecule has 0 atom stereocenters. The normalized spacial score (nSPS) is 19.8. The average molecular weight is 383 g/mol. The Morgan fingerprint density at radius 2 is 2.00 bits per heavy atom. The van der Waals surface area contributed by atoms with E-state index >= 15 is 0 Å². The van der Waals surface area contributed by atoms with Crippen LogP contribution >= 0.6 is 0 Å². The van der Waals surface area contributed by atoms with Crippen molar-refractivity contribution in [1.29, 1.82) is 0 Å². The van der Waals surface area contributed by atoms with E-state index in [4.69, 9.17) is 0 Å². The minimum Gasteiger partial charge on any atom is -1.00 e. The first-order chi connectivity index (χ1) is 7.07. The molecule has 2 aliphatic rings. The fourth-order valence-electron chi connectivity index (χ4n) is 2.06. The molecule has 0 radical (unpaired) electrons. The minimum absolute atomic E-state index is 0. The van der Waals surface area contributed by atoms with Crippen molar-refractivity contribution >= 4 is 8.07 Å². The zero-order chi connectivity index (χ0) is 10.9. The summed E-state index contributed by atoms with van der Waals surface area (Å²) in [5.74, 6) is 0. The number of allylic oxidation sites excluding steroid dienone is 8. The summed E-state index contributed by atoms with van der Waals surface area (Å²) in [6.07, 6.45) is 14.3. The summed E-state index contributed by atoms with van der Waals surface area (Å²) in [5.41, 5.74) is 0. The first-order valence-electron chi connectivity index (χ1n) is 5.60. The Morgan fingerprint density at radius 1 is 1.20 bits per heavy atom. The van der Waals surface area contributed by atoms with Crippen molar-refractivity contribution in [2.24, 2.45) is 0 Å². The van der Waals surface area contributed by atoms with Gasteiger partial charge in [-0.2, -0.15) is 0 Å². The Kier molecular flexibility index (Phi) is 3.46. The summed E-state index contributed by atoms with van der Waals surface area (Å²) in [4.78, 5) is 0. The summed E-state index contributed by atoms with van der Waals surface area (Å²) in [6.45, 7) is 7.42. The van der Waals surface area contributed by atoms with Crippen LogP contribution in [0.3, 0.4) is 0 Å². The molecule has 0 nitrogen and oxygen atoms in total. The minimum atomic E-state index is -1.07. The van der Waals surface area contributed by atoms with E-state index in [0.29, 0.717) is 0 Å². The van der Waals surface area contributed by atoms with Gasteiger partial charge in [-0.25, -0.2) is 0 Å². The average Bonchev–Trinajstić information content (AvgIpc) is 2.73. The summed E-state index contributed by atoms with van der Waals surface area (Å²) >= 11 is -0.641. The monoisotopic (exact) mass is 384 g/mol. The van der Waals surface area contributed by atoms with Gasteiger partial charge in [-0.1, -0.05) is 0 Å². The van der Waals surface area contributed by atoms with Gasteiger partial charge in [0.05, 0.1) is 0 Å². The van der Waals surface area contributed by atoms with E-state index in [1.807, 2.05) is 3.33 Å². The van der Waals surface area contributed by atoms with Crippen LogP contribution in [0.5, 0.6) is 0 Å². The standard InChI is InChI=1S/C8H13Si.C5H5.Hf.2H/c1-9(2,3)8-6-4-5-7-8;1-2-4-5-3-1;;;/h4,6H,5H2,1-3H3;1-3H,4H2;;;/q;;+2;2*-1. The Labute approximate surface area is 108 Å². The predicted molar refractivity (Wildman–Crippen MR) is 68.2 cm³/mol. The van der Waals surface area contributed by atoms with Crippen LogP contribution in [0.2, 0.25) is 19.6 Å². The van der Waals surface area contributed by atoms with Gasteiger partial charge in [-0.15, -0.1) is 0 Å². The molecule has 0 aromatic carbocycles. The van der Waals surface area contributed by atoms with Crippen molar-refractivity contribution in [3.05, 3.63) is 42.2 Å². The largest absolute Gasteiger partial charge is 1.00 e. The molecular weight excluding hydrogens is 363 g/mol. The van der Waals surface area contributed by atoms with E-state index < -0.39 is 31.0 Å². The number of hydrogen-bond acceptors (Lipinski definition) is 0. The third-order valence-electron chi connectivity index (χ3n) is 2.82. The van der Waals surface area contributed by atoms with Crippen LogP contribution in [-0.4, -0.2) is 8.07 Å². The smallest absolute Gasteiger partial charge is 1.00 e. The van der Waals surface area contributed by atoms with Gasteiger partial charge >= 0.3 is 106 Å². The van der Waals surface area contributed by atoms with Crippen molar-refractivity contribution in [2.45, 2.75) is 32.5 Å². The maximum absolute atomic E-state index is 2.47. The van der Waals surface area contributed by atoms with E-state index in [0.717, 1.165) is 0 Å². The fourth-order valence-corrected chi connectivity index (χ4v) is 12.6. The third kappa shape index (κ3) is 2.79. The van der Waals surface area contributed by atoms with Crippen molar-refractivity contribution in [1.82, 2.24) is 0 Å². The summed E-state index contributed by atoms with van der Waals surface area (Å²) < 4.78 is 3.66. The second kappa shape index (κ2) is 4.50. The van der Waals surface area contributed by atoms with E-state index in [2.05, 4.69) is 50.0 Å². The second-order valence-electron chi connectivity index (χ2n) is 5.20. The molecule has 80 valence electrons. The van der Waals surface area contributed by atoms with Crippen molar-refractivity contribution in [3.8, 4) is 0 Å². The van der Waals surface area contributed by atoms with Gasteiger partial charge in [0.1, 0.15) is 0 Å². The van der Waals surface area contributed by atoms with Crippen molar-refractivity contribution < 1.29 is 25.8 Å².